The number of benzene rings is 1. The third kappa shape index (κ3) is 4.14. The summed E-state index contributed by atoms with van der Waals surface area (Å²) in [6.07, 6.45) is 2.93. The molecular weight excluding hydrogens is 368 g/mol. The Hall–Kier alpha value is -2.14. The summed E-state index contributed by atoms with van der Waals surface area (Å²) in [7, 11) is 0. The van der Waals surface area contributed by atoms with E-state index in [9.17, 15) is 9.59 Å². The van der Waals surface area contributed by atoms with Crippen LogP contribution in [0.15, 0.2) is 24.3 Å². The molecule has 1 heterocycles. The van der Waals surface area contributed by atoms with Crippen molar-refractivity contribution in [3.05, 3.63) is 51.4 Å². The quantitative estimate of drug-likeness (QED) is 0.743. The Morgan fingerprint density at radius 3 is 2.54 bits per heavy atom. The van der Waals surface area contributed by atoms with Gasteiger partial charge in [0.05, 0.1) is 5.56 Å². The van der Waals surface area contributed by atoms with E-state index in [2.05, 4.69) is 31.4 Å². The van der Waals surface area contributed by atoms with Gasteiger partial charge in [0.15, 0.2) is 0 Å². The molecule has 0 saturated heterocycles. The lowest BCUT2D eigenvalue weighted by atomic mass is 9.72. The second kappa shape index (κ2) is 8.08. The summed E-state index contributed by atoms with van der Waals surface area (Å²) in [6.45, 7) is 11.2. The van der Waals surface area contributed by atoms with E-state index in [1.807, 2.05) is 38.1 Å². The van der Waals surface area contributed by atoms with Crippen molar-refractivity contribution in [3.63, 3.8) is 0 Å². The normalized spacial score (nSPS) is 16.4. The van der Waals surface area contributed by atoms with Gasteiger partial charge in [-0.05, 0) is 61.6 Å². The number of carbonyl (C=O) groups excluding carboxylic acids is 2. The Labute approximate surface area is 171 Å². The van der Waals surface area contributed by atoms with Crippen molar-refractivity contribution >= 4 is 28.2 Å². The van der Waals surface area contributed by atoms with E-state index in [0.717, 1.165) is 30.4 Å². The van der Waals surface area contributed by atoms with Crippen molar-refractivity contribution in [2.24, 2.45) is 11.3 Å². The van der Waals surface area contributed by atoms with Crippen LogP contribution in [0.5, 0.6) is 0 Å². The highest BCUT2D eigenvalue weighted by Gasteiger charge is 2.34. The Balaban J connectivity index is 1.96. The molecule has 0 saturated carbocycles. The van der Waals surface area contributed by atoms with Crippen LogP contribution in [-0.2, 0) is 12.8 Å². The number of aryl methyl sites for hydroxylation is 1. The monoisotopic (exact) mass is 398 g/mol. The predicted molar refractivity (Wildman–Crippen MR) is 116 cm³/mol. The topological polar surface area (TPSA) is 58.2 Å². The summed E-state index contributed by atoms with van der Waals surface area (Å²) in [5.74, 6) is 0.338. The van der Waals surface area contributed by atoms with Crippen molar-refractivity contribution in [1.29, 1.82) is 0 Å². The predicted octanol–water partition coefficient (Wildman–Crippen LogP) is 5.21. The fraction of sp³-hybridized carbons (Fsp3) is 0.478. The van der Waals surface area contributed by atoms with E-state index < -0.39 is 0 Å². The van der Waals surface area contributed by atoms with Gasteiger partial charge in [0.25, 0.3) is 11.8 Å². The maximum atomic E-state index is 12.9. The number of nitrogens with one attached hydrogen (secondary N) is 2. The van der Waals surface area contributed by atoms with E-state index in [0.29, 0.717) is 28.6 Å². The minimum Gasteiger partial charge on any atom is -0.352 e. The second-order valence-corrected chi connectivity index (χ2v) is 9.75. The molecule has 28 heavy (non-hydrogen) atoms. The van der Waals surface area contributed by atoms with E-state index in [1.54, 1.807) is 11.3 Å². The van der Waals surface area contributed by atoms with E-state index in [1.165, 1.54) is 4.88 Å². The van der Waals surface area contributed by atoms with Crippen molar-refractivity contribution in [2.45, 2.75) is 53.9 Å². The summed E-state index contributed by atoms with van der Waals surface area (Å²) in [6, 6.07) is 7.52. The van der Waals surface area contributed by atoms with E-state index in [-0.39, 0.29) is 17.2 Å². The number of thiophene rings is 1. The molecule has 1 atom stereocenters. The number of anilines is 1. The average Bonchev–Trinajstić information content (AvgIpc) is 2.98. The number of amides is 2. The first-order valence-electron chi connectivity index (χ1n) is 10.0. The summed E-state index contributed by atoms with van der Waals surface area (Å²) in [4.78, 5) is 26.9. The Bertz CT molecular complexity index is 892. The fourth-order valence-corrected chi connectivity index (χ4v) is 5.22. The largest absolute Gasteiger partial charge is 0.352 e. The average molecular weight is 399 g/mol. The van der Waals surface area contributed by atoms with Crippen LogP contribution in [-0.4, -0.2) is 18.4 Å². The molecule has 0 fully saturated rings. The molecule has 1 aromatic carbocycles. The minimum absolute atomic E-state index is 0.0886. The summed E-state index contributed by atoms with van der Waals surface area (Å²) in [5.41, 5.74) is 3.59. The van der Waals surface area contributed by atoms with Gasteiger partial charge in [-0.1, -0.05) is 39.0 Å². The third-order valence-electron chi connectivity index (χ3n) is 5.67. The van der Waals surface area contributed by atoms with Gasteiger partial charge in [-0.25, -0.2) is 0 Å². The second-order valence-electron chi connectivity index (χ2n) is 8.64. The zero-order valence-electron chi connectivity index (χ0n) is 17.4. The van der Waals surface area contributed by atoms with Crippen LogP contribution in [0.3, 0.4) is 0 Å². The molecule has 2 N–H and O–H groups in total. The van der Waals surface area contributed by atoms with Gasteiger partial charge in [-0.2, -0.15) is 0 Å². The molecule has 1 aliphatic rings. The number of hydrogen-bond donors (Lipinski definition) is 2. The highest BCUT2D eigenvalue weighted by molar-refractivity contribution is 7.17. The zero-order chi connectivity index (χ0) is 20.5. The maximum Gasteiger partial charge on any atom is 0.256 e. The first-order valence-corrected chi connectivity index (χ1v) is 10.8. The van der Waals surface area contributed by atoms with Crippen LogP contribution < -0.4 is 10.6 Å². The Morgan fingerprint density at radius 2 is 1.89 bits per heavy atom. The van der Waals surface area contributed by atoms with E-state index in [4.69, 9.17) is 0 Å². The minimum atomic E-state index is -0.158. The molecule has 2 amide bonds. The molecule has 0 bridgehead atoms. The lowest BCUT2D eigenvalue weighted by molar-refractivity contribution is 0.0955. The molecule has 4 nitrogen and oxygen atoms in total. The Kier molecular flexibility index (Phi) is 5.94. The maximum absolute atomic E-state index is 12.9. The smallest absolute Gasteiger partial charge is 0.256 e. The van der Waals surface area contributed by atoms with E-state index >= 15 is 0 Å². The molecular formula is C23H30N2O2S. The number of carbonyl (C=O) groups is 2. The zero-order valence-corrected chi connectivity index (χ0v) is 18.3. The lowest BCUT2D eigenvalue weighted by Gasteiger charge is -2.33. The molecule has 3 rings (SSSR count). The van der Waals surface area contributed by atoms with Gasteiger partial charge >= 0.3 is 0 Å². The van der Waals surface area contributed by atoms with Gasteiger partial charge < -0.3 is 10.6 Å². The highest BCUT2D eigenvalue weighted by atomic mass is 32.1. The molecule has 2 aromatic rings. The molecule has 1 aliphatic carbocycles. The van der Waals surface area contributed by atoms with Crippen LogP contribution in [0.1, 0.15) is 70.8 Å². The van der Waals surface area contributed by atoms with Gasteiger partial charge in [-0.15, -0.1) is 11.3 Å². The number of fused-ring (bicyclic) bond motifs is 1. The van der Waals surface area contributed by atoms with Gasteiger partial charge in [0, 0.05) is 17.0 Å². The summed E-state index contributed by atoms with van der Waals surface area (Å²) in [5, 5.41) is 6.64. The van der Waals surface area contributed by atoms with Crippen LogP contribution in [0, 0.1) is 18.3 Å². The molecule has 0 spiro atoms. The summed E-state index contributed by atoms with van der Waals surface area (Å²) >= 11 is 1.57. The third-order valence-corrected chi connectivity index (χ3v) is 6.84. The number of rotatable bonds is 4. The Morgan fingerprint density at radius 1 is 1.18 bits per heavy atom. The molecule has 150 valence electrons. The highest BCUT2D eigenvalue weighted by Crippen LogP contribution is 2.44. The lowest BCUT2D eigenvalue weighted by Crippen LogP contribution is -2.28. The van der Waals surface area contributed by atoms with Crippen LogP contribution in [0.25, 0.3) is 0 Å². The first-order chi connectivity index (χ1) is 13.2. The van der Waals surface area contributed by atoms with Crippen LogP contribution in [0.2, 0.25) is 0 Å². The molecule has 0 unspecified atom stereocenters. The number of hydrogen-bond acceptors (Lipinski definition) is 3. The first kappa shape index (κ1) is 20.6. The molecule has 5 heteroatoms. The van der Waals surface area contributed by atoms with Gasteiger partial charge in [0.1, 0.15) is 5.00 Å². The van der Waals surface area contributed by atoms with Crippen molar-refractivity contribution in [1.82, 2.24) is 5.32 Å². The summed E-state index contributed by atoms with van der Waals surface area (Å²) < 4.78 is 0. The van der Waals surface area contributed by atoms with Crippen molar-refractivity contribution < 1.29 is 9.59 Å². The molecule has 0 radical (unpaired) electrons. The molecule has 0 aliphatic heterocycles. The standard InChI is InChI=1S/C23H30N2O2S/c1-6-24-21(27)19-17-12-11-15(23(3,4)5)13-18(17)28-22(19)25-20(26)16-10-8-7-9-14(16)2/h7-10,15H,6,11-13H2,1-5H3,(H,24,27)(H,25,26)/t15-/m0/s1. The van der Waals surface area contributed by atoms with Gasteiger partial charge in [0.2, 0.25) is 0 Å². The molecule has 1 aromatic heterocycles. The fourth-order valence-electron chi connectivity index (χ4n) is 3.90. The van der Waals surface area contributed by atoms with Crippen LogP contribution in [0.4, 0.5) is 5.00 Å². The van der Waals surface area contributed by atoms with Crippen LogP contribution >= 0.6 is 11.3 Å². The van der Waals surface area contributed by atoms with Gasteiger partial charge in [-0.3, -0.25) is 9.59 Å². The van der Waals surface area contributed by atoms with Crippen molar-refractivity contribution in [2.75, 3.05) is 11.9 Å². The SMILES string of the molecule is CCNC(=O)c1c(NC(=O)c2ccccc2C)sc2c1CC[C@H](C(C)(C)C)C2. The van der Waals surface area contributed by atoms with Crippen molar-refractivity contribution in [3.8, 4) is 0 Å².